The van der Waals surface area contributed by atoms with Crippen LogP contribution < -0.4 is 9.80 Å². The van der Waals surface area contributed by atoms with Crippen molar-refractivity contribution >= 4 is 24.0 Å². The van der Waals surface area contributed by atoms with Crippen LogP contribution in [-0.4, -0.2) is 48.6 Å². The van der Waals surface area contributed by atoms with Gasteiger partial charge >= 0.3 is 0 Å². The first-order valence-corrected chi connectivity index (χ1v) is 13.2. The molecule has 0 saturated heterocycles. The van der Waals surface area contributed by atoms with Gasteiger partial charge in [-0.2, -0.15) is 12.6 Å². The second-order valence-corrected chi connectivity index (χ2v) is 9.09. The molecule has 1 atom stereocenters. The number of rotatable bonds is 14. The van der Waals surface area contributed by atoms with E-state index in [0.717, 1.165) is 56.0 Å². The molecule has 3 rings (SSSR count). The number of thiol groups is 1. The molecule has 182 valence electrons. The van der Waals surface area contributed by atoms with Crippen molar-refractivity contribution in [3.8, 4) is 0 Å². The molecule has 0 bridgehead atoms. The molecule has 4 nitrogen and oxygen atoms in total. The van der Waals surface area contributed by atoms with Crippen molar-refractivity contribution in [2.24, 2.45) is 0 Å². The number of hydrogen-bond acceptors (Lipinski definition) is 5. The molecular formula is C29H39N3OS. The van der Waals surface area contributed by atoms with E-state index >= 15 is 0 Å². The van der Waals surface area contributed by atoms with E-state index in [-0.39, 0.29) is 12.5 Å². The van der Waals surface area contributed by atoms with Gasteiger partial charge in [0.25, 0.3) is 0 Å². The highest BCUT2D eigenvalue weighted by Crippen LogP contribution is 2.33. The van der Waals surface area contributed by atoms with Gasteiger partial charge in [-0.25, -0.2) is 0 Å². The van der Waals surface area contributed by atoms with Crippen LogP contribution in [-0.2, 0) is 0 Å². The zero-order valence-electron chi connectivity index (χ0n) is 20.6. The topological polar surface area (TPSA) is 39.6 Å². The first-order chi connectivity index (χ1) is 16.7. The molecule has 5 heteroatoms. The second kappa shape index (κ2) is 14.0. The first kappa shape index (κ1) is 26.1. The van der Waals surface area contributed by atoms with Gasteiger partial charge in [-0.1, -0.05) is 44.2 Å². The summed E-state index contributed by atoms with van der Waals surface area (Å²) in [6, 6.07) is 23.9. The van der Waals surface area contributed by atoms with Gasteiger partial charge in [-0.05, 0) is 72.5 Å². The Hall–Kier alpha value is -2.50. The number of benzene rings is 2. The van der Waals surface area contributed by atoms with Crippen LogP contribution in [0.5, 0.6) is 0 Å². The third-order valence-corrected chi connectivity index (χ3v) is 6.43. The maximum Gasteiger partial charge on any atom is 0.0606 e. The van der Waals surface area contributed by atoms with Crippen LogP contribution in [0.4, 0.5) is 11.4 Å². The van der Waals surface area contributed by atoms with Gasteiger partial charge in [-0.15, -0.1) is 0 Å². The van der Waals surface area contributed by atoms with Crippen molar-refractivity contribution in [2.75, 3.05) is 48.3 Å². The van der Waals surface area contributed by atoms with E-state index in [0.29, 0.717) is 6.54 Å². The first-order valence-electron chi connectivity index (χ1n) is 12.5. The average Bonchev–Trinajstić information content (AvgIpc) is 2.88. The average molecular weight is 478 g/mol. The van der Waals surface area contributed by atoms with Crippen molar-refractivity contribution in [2.45, 2.75) is 39.0 Å². The minimum absolute atomic E-state index is 0.0684. The molecule has 34 heavy (non-hydrogen) atoms. The number of hydrogen-bond donors (Lipinski definition) is 2. The van der Waals surface area contributed by atoms with Crippen LogP contribution in [0.1, 0.15) is 55.8 Å². The predicted molar refractivity (Wildman–Crippen MR) is 149 cm³/mol. The number of aromatic nitrogens is 1. The van der Waals surface area contributed by atoms with E-state index in [1.807, 2.05) is 12.3 Å². The number of aliphatic hydroxyl groups excluding tert-OH is 1. The van der Waals surface area contributed by atoms with Crippen LogP contribution in [0.2, 0.25) is 0 Å². The fourth-order valence-electron chi connectivity index (χ4n) is 4.50. The highest BCUT2D eigenvalue weighted by Gasteiger charge is 2.19. The standard InChI is InChI=1S/C29H39N3OS/c1-3-18-31(20-7-23-34)26-13-9-24(10-14-26)29(28-8-5-6-17-30-28)25-11-15-27(16-12-25)32(19-4-2)21-22-33/h5-6,8-17,29,33-34H,3-4,7,18-23H2,1-2H3. The Balaban J connectivity index is 1.92. The molecule has 3 aromatic rings. The maximum absolute atomic E-state index is 9.45. The van der Waals surface area contributed by atoms with E-state index in [1.54, 1.807) is 0 Å². The molecule has 1 aromatic heterocycles. The summed E-state index contributed by atoms with van der Waals surface area (Å²) in [7, 11) is 0. The maximum atomic E-state index is 9.45. The monoisotopic (exact) mass is 477 g/mol. The minimum Gasteiger partial charge on any atom is -0.395 e. The highest BCUT2D eigenvalue weighted by molar-refractivity contribution is 7.80. The van der Waals surface area contributed by atoms with Gasteiger partial charge in [0.15, 0.2) is 0 Å². The van der Waals surface area contributed by atoms with Crippen LogP contribution in [0.25, 0.3) is 0 Å². The Labute approximate surface area is 211 Å². The van der Waals surface area contributed by atoms with Gasteiger partial charge in [-0.3, -0.25) is 4.98 Å². The van der Waals surface area contributed by atoms with Crippen LogP contribution in [0, 0.1) is 0 Å². The minimum atomic E-state index is 0.0684. The summed E-state index contributed by atoms with van der Waals surface area (Å²) < 4.78 is 0. The lowest BCUT2D eigenvalue weighted by molar-refractivity contribution is 0.302. The molecule has 1 N–H and O–H groups in total. The molecule has 0 aliphatic rings. The SMILES string of the molecule is CCCN(CCO)c1ccc(C(c2ccc(N(CCC)CCCS)cc2)c2ccccn2)cc1. The summed E-state index contributed by atoms with van der Waals surface area (Å²) in [6.07, 6.45) is 5.13. The zero-order valence-corrected chi connectivity index (χ0v) is 21.5. The second-order valence-electron chi connectivity index (χ2n) is 8.65. The summed E-state index contributed by atoms with van der Waals surface area (Å²) in [6.45, 7) is 8.23. The Bertz CT molecular complexity index is 941. The van der Waals surface area contributed by atoms with Crippen LogP contribution >= 0.6 is 12.6 Å². The predicted octanol–water partition coefficient (Wildman–Crippen LogP) is 6.01. The summed E-state index contributed by atoms with van der Waals surface area (Å²) in [5, 5.41) is 9.45. The van der Waals surface area contributed by atoms with E-state index in [1.165, 1.54) is 16.8 Å². The van der Waals surface area contributed by atoms with Gasteiger partial charge in [0.2, 0.25) is 0 Å². The van der Waals surface area contributed by atoms with Crippen molar-refractivity contribution in [1.29, 1.82) is 0 Å². The molecule has 0 fully saturated rings. The molecular weight excluding hydrogens is 438 g/mol. The van der Waals surface area contributed by atoms with Gasteiger partial charge < -0.3 is 14.9 Å². The fourth-order valence-corrected chi connectivity index (χ4v) is 4.64. The van der Waals surface area contributed by atoms with E-state index in [4.69, 9.17) is 4.98 Å². The van der Waals surface area contributed by atoms with Crippen LogP contribution in [0.15, 0.2) is 72.9 Å². The normalized spacial score (nSPS) is 11.9. The van der Waals surface area contributed by atoms with Gasteiger partial charge in [0.1, 0.15) is 0 Å². The molecule has 0 aliphatic carbocycles. The highest BCUT2D eigenvalue weighted by atomic mass is 32.1. The van der Waals surface area contributed by atoms with Gasteiger partial charge in [0, 0.05) is 43.8 Å². The number of nitrogens with zero attached hydrogens (tertiary/aromatic N) is 3. The molecule has 0 amide bonds. The van der Waals surface area contributed by atoms with Gasteiger partial charge in [0.05, 0.1) is 18.2 Å². The molecule has 1 unspecified atom stereocenters. The summed E-state index contributed by atoms with van der Waals surface area (Å²) in [5.74, 6) is 0.975. The molecule has 0 aliphatic heterocycles. The van der Waals surface area contributed by atoms with E-state index in [9.17, 15) is 5.11 Å². The van der Waals surface area contributed by atoms with Crippen molar-refractivity contribution in [3.05, 3.63) is 89.7 Å². The summed E-state index contributed by atoms with van der Waals surface area (Å²) in [5.41, 5.74) is 5.91. The lowest BCUT2D eigenvalue weighted by atomic mass is 9.87. The third kappa shape index (κ3) is 7.00. The molecule has 0 radical (unpaired) electrons. The Morgan fingerprint density at radius 3 is 1.76 bits per heavy atom. The Morgan fingerprint density at radius 2 is 1.32 bits per heavy atom. The Kier molecular flexibility index (Phi) is 10.8. The van der Waals surface area contributed by atoms with E-state index < -0.39 is 0 Å². The number of anilines is 2. The lowest BCUT2D eigenvalue weighted by Crippen LogP contribution is -2.27. The third-order valence-electron chi connectivity index (χ3n) is 6.11. The van der Waals surface area contributed by atoms with E-state index in [2.05, 4.69) is 96.9 Å². The van der Waals surface area contributed by atoms with Crippen LogP contribution in [0.3, 0.4) is 0 Å². The molecule has 2 aromatic carbocycles. The molecule has 0 spiro atoms. The summed E-state index contributed by atoms with van der Waals surface area (Å²) in [4.78, 5) is 9.40. The Morgan fingerprint density at radius 1 is 0.765 bits per heavy atom. The van der Waals surface area contributed by atoms with Crippen molar-refractivity contribution < 1.29 is 5.11 Å². The lowest BCUT2D eigenvalue weighted by Gasteiger charge is -2.26. The smallest absolute Gasteiger partial charge is 0.0606 e. The molecule has 0 saturated carbocycles. The van der Waals surface area contributed by atoms with Crippen molar-refractivity contribution in [1.82, 2.24) is 4.98 Å². The van der Waals surface area contributed by atoms with Crippen molar-refractivity contribution in [3.63, 3.8) is 0 Å². The molecule has 1 heterocycles. The largest absolute Gasteiger partial charge is 0.395 e. The summed E-state index contributed by atoms with van der Waals surface area (Å²) >= 11 is 4.39. The number of aliphatic hydroxyl groups is 1. The number of pyridine rings is 1. The quantitative estimate of drug-likeness (QED) is 0.279. The zero-order chi connectivity index (χ0) is 24.2. The fraction of sp³-hybridized carbons (Fsp3) is 0.414.